The molecule has 0 bridgehead atoms. The molecule has 254 valence electrons. The molecule has 0 amide bonds. The van der Waals surface area contributed by atoms with Gasteiger partial charge in [-0.25, -0.2) is 4.79 Å². The molecule has 3 rings (SSSR count). The number of aromatic nitrogens is 1. The molecular weight excluding hydrogens is 595 g/mol. The number of halogens is 3. The molecule has 2 aromatic heterocycles. The molecule has 0 radical (unpaired) electrons. The van der Waals surface area contributed by atoms with Gasteiger partial charge in [0.05, 0.1) is 29.8 Å². The maximum atomic E-state index is 12.9. The van der Waals surface area contributed by atoms with E-state index in [-0.39, 0.29) is 28.6 Å². The van der Waals surface area contributed by atoms with Crippen molar-refractivity contribution in [2.45, 2.75) is 112 Å². The first-order valence-electron chi connectivity index (χ1n) is 16.5. The fraction of sp³-hybridized carbons (Fsp3) is 0.595. The van der Waals surface area contributed by atoms with Crippen molar-refractivity contribution >= 4 is 17.1 Å². The summed E-state index contributed by atoms with van der Waals surface area (Å²) in [7, 11) is 0. The van der Waals surface area contributed by atoms with E-state index in [0.717, 1.165) is 63.5 Å². The van der Waals surface area contributed by atoms with Gasteiger partial charge in [0.15, 0.2) is 0 Å². The number of pyridine rings is 1. The molecule has 1 unspecified atom stereocenters. The van der Waals surface area contributed by atoms with E-state index in [0.29, 0.717) is 30.0 Å². The fourth-order valence-electron chi connectivity index (χ4n) is 5.45. The fourth-order valence-corrected chi connectivity index (χ4v) is 5.45. The van der Waals surface area contributed by atoms with Gasteiger partial charge < -0.3 is 13.9 Å². The Morgan fingerprint density at radius 3 is 1.96 bits per heavy atom. The number of carbonyl (C=O) groups is 1. The van der Waals surface area contributed by atoms with Crippen LogP contribution in [0.25, 0.3) is 22.2 Å². The summed E-state index contributed by atoms with van der Waals surface area (Å²) in [6.45, 7) is 13.7. The quantitative estimate of drug-likeness (QED) is 0.107. The van der Waals surface area contributed by atoms with Crippen LogP contribution in [0.2, 0.25) is 0 Å². The van der Waals surface area contributed by atoms with E-state index in [1.54, 1.807) is 18.2 Å². The second-order valence-corrected chi connectivity index (χ2v) is 14.1. The number of nitrogens with zero attached hydrogens (tertiary/aromatic N) is 1. The third kappa shape index (κ3) is 11.5. The topological polar surface area (TPSA) is 78.6 Å². The van der Waals surface area contributed by atoms with Crippen molar-refractivity contribution in [1.29, 1.82) is 0 Å². The minimum atomic E-state index is -4.45. The molecule has 0 fully saturated rings. The summed E-state index contributed by atoms with van der Waals surface area (Å²) in [5.41, 5.74) is -1.14. The van der Waals surface area contributed by atoms with Crippen LogP contribution < -0.4 is 10.4 Å². The number of hydrogen-bond donors (Lipinski definition) is 0. The van der Waals surface area contributed by atoms with Gasteiger partial charge >= 0.3 is 17.8 Å². The number of hydrogen-bond acceptors (Lipinski definition) is 6. The normalized spacial score (nSPS) is 13.2. The van der Waals surface area contributed by atoms with E-state index in [4.69, 9.17) is 13.9 Å². The van der Waals surface area contributed by atoms with Crippen LogP contribution in [0, 0.1) is 16.7 Å². The summed E-state index contributed by atoms with van der Waals surface area (Å²) in [5, 5.41) is 0.549. The summed E-state index contributed by atoms with van der Waals surface area (Å²) >= 11 is 0. The van der Waals surface area contributed by atoms with E-state index >= 15 is 0 Å². The predicted molar refractivity (Wildman–Crippen MR) is 176 cm³/mol. The van der Waals surface area contributed by atoms with E-state index in [1.165, 1.54) is 25.0 Å². The van der Waals surface area contributed by atoms with E-state index in [1.807, 2.05) is 13.8 Å². The molecule has 1 aromatic carbocycles. The van der Waals surface area contributed by atoms with Crippen molar-refractivity contribution in [2.75, 3.05) is 13.2 Å². The second kappa shape index (κ2) is 16.5. The van der Waals surface area contributed by atoms with Crippen LogP contribution in [0.1, 0.15) is 111 Å². The first kappa shape index (κ1) is 37.1. The lowest BCUT2D eigenvalue weighted by molar-refractivity contribution is -0.157. The minimum absolute atomic E-state index is 0.0929. The van der Waals surface area contributed by atoms with Crippen molar-refractivity contribution < 1.29 is 31.9 Å². The Balaban J connectivity index is 1.27. The van der Waals surface area contributed by atoms with Crippen LogP contribution >= 0.6 is 0 Å². The molecule has 0 aliphatic carbocycles. The van der Waals surface area contributed by atoms with Crippen molar-refractivity contribution in [1.82, 2.24) is 4.98 Å². The summed E-state index contributed by atoms with van der Waals surface area (Å²) in [4.78, 5) is 29.4. The third-order valence-electron chi connectivity index (χ3n) is 8.54. The average molecular weight is 646 g/mol. The Morgan fingerprint density at radius 2 is 1.39 bits per heavy atom. The minimum Gasteiger partial charge on any atom is -0.478 e. The summed E-state index contributed by atoms with van der Waals surface area (Å²) in [6, 6.07) is 9.35. The second-order valence-electron chi connectivity index (χ2n) is 14.1. The van der Waals surface area contributed by atoms with Gasteiger partial charge in [-0.1, -0.05) is 84.8 Å². The molecule has 0 aliphatic heterocycles. The van der Waals surface area contributed by atoms with Crippen LogP contribution in [-0.4, -0.2) is 24.2 Å². The van der Waals surface area contributed by atoms with Gasteiger partial charge in [0.2, 0.25) is 11.6 Å². The lowest BCUT2D eigenvalue weighted by Gasteiger charge is -2.34. The van der Waals surface area contributed by atoms with Gasteiger partial charge in [-0.3, -0.25) is 4.79 Å². The maximum absolute atomic E-state index is 12.9. The van der Waals surface area contributed by atoms with E-state index in [2.05, 4.69) is 32.7 Å². The lowest BCUT2D eigenvalue weighted by Crippen LogP contribution is -2.35. The van der Waals surface area contributed by atoms with Crippen molar-refractivity contribution in [3.05, 3.63) is 58.4 Å². The molecule has 2 heterocycles. The number of esters is 1. The van der Waals surface area contributed by atoms with Gasteiger partial charge in [-0.05, 0) is 74.3 Å². The van der Waals surface area contributed by atoms with E-state index < -0.39 is 22.8 Å². The van der Waals surface area contributed by atoms with Crippen LogP contribution in [-0.2, 0) is 15.7 Å². The van der Waals surface area contributed by atoms with E-state index in [9.17, 15) is 22.8 Å². The zero-order valence-corrected chi connectivity index (χ0v) is 28.2. The van der Waals surface area contributed by atoms with Gasteiger partial charge in [-0.2, -0.15) is 18.2 Å². The van der Waals surface area contributed by atoms with Crippen molar-refractivity contribution in [2.24, 2.45) is 16.7 Å². The Labute approximate surface area is 271 Å². The Bertz CT molecular complexity index is 1460. The predicted octanol–water partition coefficient (Wildman–Crippen LogP) is 10.4. The van der Waals surface area contributed by atoms with Gasteiger partial charge in [0.1, 0.15) is 0 Å². The molecule has 0 aliphatic rings. The summed E-state index contributed by atoms with van der Waals surface area (Å²) < 4.78 is 55.3. The van der Waals surface area contributed by atoms with Crippen LogP contribution in [0.3, 0.4) is 0 Å². The molecule has 0 saturated heterocycles. The lowest BCUT2D eigenvalue weighted by atomic mass is 9.72. The SMILES string of the molecule is CC(CC(C)(C)C)C(C)(C)C(=O)OCCCCCCCCCCCOc1ccc2cc(-c3ccc(C(F)(F)F)cc3)c(=O)oc2n1. The molecular formula is C37H50F3NO5. The number of rotatable bonds is 17. The molecule has 1 atom stereocenters. The Hall–Kier alpha value is -3.36. The van der Waals surface area contributed by atoms with Crippen LogP contribution in [0.5, 0.6) is 5.88 Å². The standard InChI is InChI=1S/C37H50F3NO5/c1-26(25-35(2,3)4)36(5,6)34(43)45-23-15-13-11-9-7-8-10-12-14-22-44-31-21-18-28-24-30(33(42)46-32(28)41-31)27-16-19-29(20-17-27)37(38,39)40/h16-21,24,26H,7-15,22-23,25H2,1-6H3. The maximum Gasteiger partial charge on any atom is 0.416 e. The number of fused-ring (bicyclic) bond motifs is 1. The highest BCUT2D eigenvalue weighted by Crippen LogP contribution is 2.37. The Kier molecular flexibility index (Phi) is 13.3. The number of ether oxygens (including phenoxy) is 2. The highest BCUT2D eigenvalue weighted by molar-refractivity contribution is 5.79. The molecule has 46 heavy (non-hydrogen) atoms. The van der Waals surface area contributed by atoms with Gasteiger partial charge in [-0.15, -0.1) is 0 Å². The first-order chi connectivity index (χ1) is 21.6. The highest BCUT2D eigenvalue weighted by Gasteiger charge is 2.37. The van der Waals surface area contributed by atoms with Crippen molar-refractivity contribution in [3.8, 4) is 17.0 Å². The monoisotopic (exact) mass is 645 g/mol. The van der Waals surface area contributed by atoms with Crippen molar-refractivity contribution in [3.63, 3.8) is 0 Å². The van der Waals surface area contributed by atoms with Gasteiger partial charge in [0.25, 0.3) is 0 Å². The highest BCUT2D eigenvalue weighted by atomic mass is 19.4. The summed E-state index contributed by atoms with van der Waals surface area (Å²) in [6.07, 6.45) is 6.19. The Morgan fingerprint density at radius 1 is 0.826 bits per heavy atom. The van der Waals surface area contributed by atoms with Crippen LogP contribution in [0.15, 0.2) is 51.7 Å². The molecule has 9 heteroatoms. The smallest absolute Gasteiger partial charge is 0.416 e. The molecule has 0 N–H and O–H groups in total. The van der Waals surface area contributed by atoms with Crippen LogP contribution in [0.4, 0.5) is 13.2 Å². The number of alkyl halides is 3. The number of unbranched alkanes of at least 4 members (excludes halogenated alkanes) is 8. The molecule has 0 saturated carbocycles. The number of carbonyl (C=O) groups excluding carboxylic acids is 1. The molecule has 0 spiro atoms. The average Bonchev–Trinajstić information content (AvgIpc) is 2.97. The number of benzene rings is 1. The largest absolute Gasteiger partial charge is 0.478 e. The molecule has 6 nitrogen and oxygen atoms in total. The summed E-state index contributed by atoms with van der Waals surface area (Å²) in [5.74, 6) is 0.518. The van der Waals surface area contributed by atoms with Gasteiger partial charge in [0, 0.05) is 11.5 Å². The first-order valence-corrected chi connectivity index (χ1v) is 16.5. The zero-order valence-electron chi connectivity index (χ0n) is 28.2. The molecule has 3 aromatic rings. The third-order valence-corrected chi connectivity index (χ3v) is 8.54. The zero-order chi connectivity index (χ0) is 34.0.